The van der Waals surface area contributed by atoms with Gasteiger partial charge in [-0.05, 0) is 13.3 Å². The molecule has 0 spiro atoms. The van der Waals surface area contributed by atoms with E-state index in [0.717, 1.165) is 0 Å². The van der Waals surface area contributed by atoms with Crippen LogP contribution in [0.4, 0.5) is 13.2 Å². The van der Waals surface area contributed by atoms with Crippen LogP contribution >= 0.6 is 0 Å². The first-order chi connectivity index (χ1) is 7.38. The number of rotatable bonds is 1. The van der Waals surface area contributed by atoms with Gasteiger partial charge in [0.25, 0.3) is 0 Å². The highest BCUT2D eigenvalue weighted by Crippen LogP contribution is 2.36. The number of amides is 1. The summed E-state index contributed by atoms with van der Waals surface area (Å²) in [5, 5.41) is 1.83. The summed E-state index contributed by atoms with van der Waals surface area (Å²) in [7, 11) is 0. The lowest BCUT2D eigenvalue weighted by atomic mass is 10.0. The van der Waals surface area contributed by atoms with Gasteiger partial charge in [0, 0.05) is 12.0 Å². The minimum atomic E-state index is -4.59. The predicted molar refractivity (Wildman–Crippen MR) is 45.9 cm³/mol. The van der Waals surface area contributed by atoms with Crippen LogP contribution in [-0.2, 0) is 14.3 Å². The van der Waals surface area contributed by atoms with Gasteiger partial charge in [-0.15, -0.1) is 0 Å². The molecule has 2 aliphatic rings. The van der Waals surface area contributed by atoms with Gasteiger partial charge in [0.2, 0.25) is 5.91 Å². The first kappa shape index (κ1) is 11.4. The lowest BCUT2D eigenvalue weighted by Crippen LogP contribution is -2.46. The number of hydrogen-bond acceptors (Lipinski definition) is 3. The van der Waals surface area contributed by atoms with E-state index in [2.05, 4.69) is 0 Å². The zero-order chi connectivity index (χ0) is 11.9. The quantitative estimate of drug-likeness (QED) is 0.750. The van der Waals surface area contributed by atoms with Crippen LogP contribution in [0.2, 0.25) is 0 Å². The highest BCUT2D eigenvalue weighted by molar-refractivity contribution is 5.80. The van der Waals surface area contributed by atoms with Crippen LogP contribution in [0.25, 0.3) is 0 Å². The Morgan fingerprint density at radius 3 is 2.44 bits per heavy atom. The van der Waals surface area contributed by atoms with Gasteiger partial charge in [-0.25, -0.2) is 0 Å². The van der Waals surface area contributed by atoms with Crippen LogP contribution < -0.4 is 5.32 Å². The van der Waals surface area contributed by atoms with Gasteiger partial charge in [0.15, 0.2) is 12.6 Å². The van der Waals surface area contributed by atoms with Crippen molar-refractivity contribution in [2.45, 2.75) is 38.5 Å². The van der Waals surface area contributed by atoms with Crippen LogP contribution in [-0.4, -0.2) is 24.7 Å². The maximum Gasteiger partial charge on any atom is 0.431 e. The fourth-order valence-corrected chi connectivity index (χ4v) is 1.67. The molecule has 0 radical (unpaired) electrons. The van der Waals surface area contributed by atoms with E-state index in [-0.39, 0.29) is 18.4 Å². The number of carbonyl (C=O) groups excluding carboxylic acids is 1. The monoisotopic (exact) mass is 237 g/mol. The molecule has 0 atom stereocenters. The second kappa shape index (κ2) is 3.74. The largest absolute Gasteiger partial charge is 0.431 e. The van der Waals surface area contributed by atoms with Gasteiger partial charge in [0.05, 0.1) is 0 Å². The minimum absolute atomic E-state index is 0.0120. The third kappa shape index (κ3) is 2.05. The van der Waals surface area contributed by atoms with Crippen LogP contribution in [0.15, 0.2) is 11.3 Å². The Hall–Kier alpha value is -1.08. The van der Waals surface area contributed by atoms with Crippen molar-refractivity contribution in [1.29, 1.82) is 0 Å². The van der Waals surface area contributed by atoms with Crippen molar-refractivity contribution in [2.75, 3.05) is 0 Å². The Balaban J connectivity index is 2.25. The highest BCUT2D eigenvalue weighted by atomic mass is 19.4. The van der Waals surface area contributed by atoms with E-state index in [1.54, 1.807) is 6.92 Å². The van der Waals surface area contributed by atoms with E-state index in [4.69, 9.17) is 9.47 Å². The number of nitrogens with one attached hydrogen (secondary N) is 1. The Morgan fingerprint density at radius 1 is 1.31 bits per heavy atom. The fraction of sp³-hybridized carbons (Fsp3) is 0.667. The molecule has 16 heavy (non-hydrogen) atoms. The Bertz CT molecular complexity index is 344. The molecule has 0 aliphatic carbocycles. The van der Waals surface area contributed by atoms with Crippen LogP contribution in [0.3, 0.4) is 0 Å². The van der Waals surface area contributed by atoms with Crippen molar-refractivity contribution in [2.24, 2.45) is 0 Å². The molecule has 0 aromatic carbocycles. The molecule has 0 aromatic rings. The van der Waals surface area contributed by atoms with Crippen LogP contribution in [0, 0.1) is 0 Å². The number of ether oxygens (including phenoxy) is 2. The summed E-state index contributed by atoms with van der Waals surface area (Å²) in [6.45, 7) is 1.59. The van der Waals surface area contributed by atoms with Gasteiger partial charge in [-0.2, -0.15) is 13.2 Å². The van der Waals surface area contributed by atoms with Gasteiger partial charge >= 0.3 is 6.18 Å². The molecule has 1 fully saturated rings. The summed E-state index contributed by atoms with van der Waals surface area (Å²) in [4.78, 5) is 10.9. The summed E-state index contributed by atoms with van der Waals surface area (Å²) in [5.41, 5.74) is -1.08. The second-order valence-electron chi connectivity index (χ2n) is 3.62. The van der Waals surface area contributed by atoms with E-state index < -0.39 is 30.4 Å². The smallest absolute Gasteiger partial charge is 0.322 e. The summed E-state index contributed by atoms with van der Waals surface area (Å²) >= 11 is 0. The predicted octanol–water partition coefficient (Wildman–Crippen LogP) is 1.43. The Kier molecular flexibility index (Phi) is 2.67. The molecule has 1 N–H and O–H groups in total. The molecule has 0 aromatic heterocycles. The highest BCUT2D eigenvalue weighted by Gasteiger charge is 2.44. The van der Waals surface area contributed by atoms with Crippen LogP contribution in [0.1, 0.15) is 19.8 Å². The second-order valence-corrected chi connectivity index (χ2v) is 3.62. The third-order valence-electron chi connectivity index (χ3n) is 2.41. The molecule has 2 rings (SSSR count). The molecule has 4 nitrogen and oxygen atoms in total. The Morgan fingerprint density at radius 2 is 1.94 bits per heavy atom. The molecule has 7 heteroatoms. The molecule has 0 unspecified atom stereocenters. The maximum absolute atomic E-state index is 12.6. The van der Waals surface area contributed by atoms with Gasteiger partial charge in [-0.1, -0.05) is 0 Å². The van der Waals surface area contributed by atoms with Crippen molar-refractivity contribution >= 4 is 5.91 Å². The molecule has 1 saturated heterocycles. The number of halogens is 3. The molecule has 2 aliphatic heterocycles. The molecule has 0 saturated carbocycles. The number of carbonyl (C=O) groups is 1. The lowest BCUT2D eigenvalue weighted by molar-refractivity contribution is -0.360. The SMILES string of the molecule is CC1OC(C2=C(C(F)(F)F)NC(=O)CC2)O1. The average Bonchev–Trinajstić information content (AvgIpc) is 2.12. The molecule has 0 bridgehead atoms. The Labute approximate surface area is 89.4 Å². The first-order valence-electron chi connectivity index (χ1n) is 4.79. The summed E-state index contributed by atoms with van der Waals surface area (Å²) < 4.78 is 47.8. The average molecular weight is 237 g/mol. The summed E-state index contributed by atoms with van der Waals surface area (Å²) in [6.07, 6.45) is -6.03. The van der Waals surface area contributed by atoms with E-state index in [1.165, 1.54) is 0 Å². The van der Waals surface area contributed by atoms with E-state index >= 15 is 0 Å². The minimum Gasteiger partial charge on any atom is -0.322 e. The number of alkyl halides is 3. The zero-order valence-corrected chi connectivity index (χ0v) is 8.43. The first-order valence-corrected chi connectivity index (χ1v) is 4.79. The molecular formula is C9H10F3NO3. The van der Waals surface area contributed by atoms with Gasteiger partial charge < -0.3 is 14.8 Å². The third-order valence-corrected chi connectivity index (χ3v) is 2.41. The van der Waals surface area contributed by atoms with Gasteiger partial charge in [0.1, 0.15) is 5.70 Å². The van der Waals surface area contributed by atoms with Crippen molar-refractivity contribution in [3.05, 3.63) is 11.3 Å². The van der Waals surface area contributed by atoms with Crippen molar-refractivity contribution in [3.63, 3.8) is 0 Å². The topological polar surface area (TPSA) is 47.6 Å². The number of hydrogen-bond donors (Lipinski definition) is 1. The standard InChI is InChI=1S/C9H10F3NO3/c1-4-15-8(16-4)5-2-3-6(14)13-7(5)9(10,11)12/h4,8H,2-3H2,1H3,(H,13,14). The molecule has 2 heterocycles. The normalized spacial score (nSPS) is 31.1. The lowest BCUT2D eigenvalue weighted by Gasteiger charge is -2.37. The summed E-state index contributed by atoms with van der Waals surface area (Å²) in [6, 6.07) is 0. The van der Waals surface area contributed by atoms with E-state index in [9.17, 15) is 18.0 Å². The molecule has 1 amide bonds. The molecular weight excluding hydrogens is 227 g/mol. The summed E-state index contributed by atoms with van der Waals surface area (Å²) in [5.74, 6) is -0.636. The van der Waals surface area contributed by atoms with Gasteiger partial charge in [-0.3, -0.25) is 4.79 Å². The van der Waals surface area contributed by atoms with Crippen LogP contribution in [0.5, 0.6) is 0 Å². The fourth-order valence-electron chi connectivity index (χ4n) is 1.67. The zero-order valence-electron chi connectivity index (χ0n) is 8.43. The van der Waals surface area contributed by atoms with E-state index in [1.807, 2.05) is 5.32 Å². The molecule has 90 valence electrons. The number of allylic oxidation sites excluding steroid dienone is 1. The maximum atomic E-state index is 12.6. The van der Waals surface area contributed by atoms with Crippen molar-refractivity contribution in [1.82, 2.24) is 5.32 Å². The van der Waals surface area contributed by atoms with E-state index in [0.29, 0.717) is 0 Å². The van der Waals surface area contributed by atoms with Crippen molar-refractivity contribution < 1.29 is 27.4 Å². The van der Waals surface area contributed by atoms with Crippen molar-refractivity contribution in [3.8, 4) is 0 Å².